The molecular formula is C52H30N4O. The van der Waals surface area contributed by atoms with Crippen LogP contribution in [0.15, 0.2) is 186 Å². The molecule has 264 valence electrons. The van der Waals surface area contributed by atoms with E-state index >= 15 is 0 Å². The highest BCUT2D eigenvalue weighted by Crippen LogP contribution is 2.45. The summed E-state index contributed by atoms with van der Waals surface area (Å²) in [5.41, 5.74) is 9.19. The predicted molar refractivity (Wildman–Crippen MR) is 236 cm³/mol. The largest absolute Gasteiger partial charge is 0.456 e. The summed E-state index contributed by atoms with van der Waals surface area (Å²) in [6, 6.07) is 64.8. The maximum Gasteiger partial charge on any atom is 0.162 e. The average Bonchev–Trinajstić information content (AvgIpc) is 3.93. The van der Waals surface area contributed by atoms with Crippen LogP contribution >= 0.6 is 0 Å². The number of furan rings is 1. The minimum Gasteiger partial charge on any atom is -0.456 e. The molecule has 13 aromatic rings. The molecule has 0 unspecified atom stereocenters. The highest BCUT2D eigenvalue weighted by Gasteiger charge is 2.25. The van der Waals surface area contributed by atoms with Gasteiger partial charge in [0.05, 0.1) is 33.3 Å². The van der Waals surface area contributed by atoms with Crippen LogP contribution in [0.2, 0.25) is 0 Å². The summed E-state index contributed by atoms with van der Waals surface area (Å²) < 4.78 is 11.2. The van der Waals surface area contributed by atoms with Gasteiger partial charge in [0.15, 0.2) is 5.82 Å². The fourth-order valence-corrected chi connectivity index (χ4v) is 9.50. The molecule has 5 heteroatoms. The molecule has 0 saturated carbocycles. The van der Waals surface area contributed by atoms with Gasteiger partial charge in [0.25, 0.3) is 0 Å². The van der Waals surface area contributed by atoms with Crippen LogP contribution in [0.1, 0.15) is 0 Å². The van der Waals surface area contributed by atoms with E-state index in [4.69, 9.17) is 14.4 Å². The quantitative estimate of drug-likeness (QED) is 0.182. The zero-order valence-electron chi connectivity index (χ0n) is 30.5. The van der Waals surface area contributed by atoms with Gasteiger partial charge in [-0.3, -0.25) is 4.57 Å². The highest BCUT2D eigenvalue weighted by atomic mass is 16.3. The van der Waals surface area contributed by atoms with Crippen molar-refractivity contribution in [2.75, 3.05) is 0 Å². The third-order valence-electron chi connectivity index (χ3n) is 11.9. The Balaban J connectivity index is 1.22. The molecule has 5 nitrogen and oxygen atoms in total. The number of hydrogen-bond acceptors (Lipinski definition) is 3. The lowest BCUT2D eigenvalue weighted by molar-refractivity contribution is 0.669. The molecule has 0 fully saturated rings. The average molecular weight is 727 g/mol. The summed E-state index contributed by atoms with van der Waals surface area (Å²) in [5.74, 6) is 1.49. The second kappa shape index (κ2) is 11.4. The molecule has 57 heavy (non-hydrogen) atoms. The van der Waals surface area contributed by atoms with Gasteiger partial charge < -0.3 is 8.98 Å². The van der Waals surface area contributed by atoms with Gasteiger partial charge in [-0.1, -0.05) is 140 Å². The lowest BCUT2D eigenvalue weighted by Gasteiger charge is -2.16. The van der Waals surface area contributed by atoms with Gasteiger partial charge in [-0.2, -0.15) is 0 Å². The summed E-state index contributed by atoms with van der Waals surface area (Å²) in [7, 11) is 0. The molecule has 9 aromatic carbocycles. The minimum absolute atomic E-state index is 0.654. The van der Waals surface area contributed by atoms with Crippen LogP contribution in [0, 0.1) is 0 Å². The van der Waals surface area contributed by atoms with E-state index in [1.165, 1.54) is 43.4 Å². The van der Waals surface area contributed by atoms with E-state index < -0.39 is 0 Å². The van der Waals surface area contributed by atoms with Crippen LogP contribution in [0.3, 0.4) is 0 Å². The van der Waals surface area contributed by atoms with E-state index in [1.54, 1.807) is 0 Å². The summed E-state index contributed by atoms with van der Waals surface area (Å²) in [6.07, 6.45) is 0. The standard InChI is InChI=1S/C52H30N4O/c1-3-16-33-31(14-1)28-29-36-35-18-6-10-24-42(35)56(49(33)36)50-34-17-4-2-15-32(34)30-44-48(50)38-20-7-11-25-43(38)55(44)52-37-19-5-9-23-41(37)53-51(54-52)40-22-13-27-46-47(40)39-21-8-12-26-45(39)57-46/h1-30H. The van der Waals surface area contributed by atoms with Crippen molar-refractivity contribution in [1.29, 1.82) is 0 Å². The molecule has 4 heterocycles. The molecule has 4 aromatic heterocycles. The van der Waals surface area contributed by atoms with Crippen LogP contribution in [-0.4, -0.2) is 19.1 Å². The summed E-state index contributed by atoms with van der Waals surface area (Å²) in [4.78, 5) is 10.8. The smallest absolute Gasteiger partial charge is 0.162 e. The maximum absolute atomic E-state index is 6.33. The van der Waals surface area contributed by atoms with E-state index in [0.29, 0.717) is 5.82 Å². The van der Waals surface area contributed by atoms with E-state index in [9.17, 15) is 0 Å². The SMILES string of the molecule is c1ccc2c(-n3c4ccccc4c4ccc5ccccc5c43)c3c4ccccc4n(-c4nc(-c5cccc6oc7ccccc7c56)nc5ccccc45)c3cc2c1. The second-order valence-electron chi connectivity index (χ2n) is 14.9. The first-order chi connectivity index (χ1) is 28.3. The fourth-order valence-electron chi connectivity index (χ4n) is 9.50. The Labute approximate surface area is 325 Å². The number of aromatic nitrogens is 4. The summed E-state index contributed by atoms with van der Waals surface area (Å²) >= 11 is 0. The van der Waals surface area contributed by atoms with Crippen molar-refractivity contribution in [3.8, 4) is 22.9 Å². The van der Waals surface area contributed by atoms with E-state index in [-0.39, 0.29) is 0 Å². The molecule has 0 amide bonds. The maximum atomic E-state index is 6.33. The van der Waals surface area contributed by atoms with E-state index in [0.717, 1.165) is 71.7 Å². The number of hydrogen-bond donors (Lipinski definition) is 0. The zero-order valence-corrected chi connectivity index (χ0v) is 30.5. The van der Waals surface area contributed by atoms with Crippen molar-refractivity contribution in [1.82, 2.24) is 19.1 Å². The Bertz CT molecular complexity index is 3830. The molecular weight excluding hydrogens is 697 g/mol. The summed E-state index contributed by atoms with van der Waals surface area (Å²) in [5, 5.41) is 12.6. The predicted octanol–water partition coefficient (Wildman–Crippen LogP) is 13.7. The van der Waals surface area contributed by atoms with Gasteiger partial charge >= 0.3 is 0 Å². The van der Waals surface area contributed by atoms with Crippen LogP contribution < -0.4 is 0 Å². The van der Waals surface area contributed by atoms with Gasteiger partial charge in [-0.15, -0.1) is 0 Å². The molecule has 0 N–H and O–H groups in total. The Hall–Kier alpha value is -7.76. The monoisotopic (exact) mass is 726 g/mol. The van der Waals surface area contributed by atoms with Crippen molar-refractivity contribution in [3.05, 3.63) is 182 Å². The van der Waals surface area contributed by atoms with E-state index in [2.05, 4.69) is 167 Å². The van der Waals surface area contributed by atoms with Crippen LogP contribution in [0.4, 0.5) is 0 Å². The van der Waals surface area contributed by atoms with Gasteiger partial charge in [-0.05, 0) is 53.2 Å². The Morgan fingerprint density at radius 3 is 1.89 bits per heavy atom. The van der Waals surface area contributed by atoms with Crippen LogP contribution in [0.5, 0.6) is 0 Å². The normalized spacial score (nSPS) is 12.2. The molecule has 0 saturated heterocycles. The van der Waals surface area contributed by atoms with E-state index in [1.807, 2.05) is 24.3 Å². The first-order valence-corrected chi connectivity index (χ1v) is 19.3. The zero-order chi connectivity index (χ0) is 37.2. The molecule has 0 aliphatic rings. The van der Waals surface area contributed by atoms with Crippen molar-refractivity contribution in [3.63, 3.8) is 0 Å². The highest BCUT2D eigenvalue weighted by molar-refractivity contribution is 6.25. The third-order valence-corrected chi connectivity index (χ3v) is 11.9. The van der Waals surface area contributed by atoms with Crippen molar-refractivity contribution < 1.29 is 4.42 Å². The number of para-hydroxylation sites is 4. The molecule has 0 atom stereocenters. The lowest BCUT2D eigenvalue weighted by Crippen LogP contribution is -2.03. The Morgan fingerprint density at radius 2 is 1.04 bits per heavy atom. The molecule has 0 spiro atoms. The molecule has 0 aliphatic carbocycles. The number of rotatable bonds is 3. The minimum atomic E-state index is 0.654. The second-order valence-corrected chi connectivity index (χ2v) is 14.9. The van der Waals surface area contributed by atoms with Gasteiger partial charge in [0, 0.05) is 54.0 Å². The number of nitrogens with zero attached hydrogens (tertiary/aromatic N) is 4. The van der Waals surface area contributed by atoms with Gasteiger partial charge in [-0.25, -0.2) is 9.97 Å². The van der Waals surface area contributed by atoms with Crippen LogP contribution in [-0.2, 0) is 0 Å². The van der Waals surface area contributed by atoms with Gasteiger partial charge in [0.1, 0.15) is 17.0 Å². The van der Waals surface area contributed by atoms with Crippen LogP contribution in [0.25, 0.3) is 121 Å². The van der Waals surface area contributed by atoms with Crippen molar-refractivity contribution in [2.24, 2.45) is 0 Å². The van der Waals surface area contributed by atoms with Crippen molar-refractivity contribution >= 4 is 98.0 Å². The molecule has 0 bridgehead atoms. The summed E-state index contributed by atoms with van der Waals surface area (Å²) in [6.45, 7) is 0. The lowest BCUT2D eigenvalue weighted by atomic mass is 10.0. The third kappa shape index (κ3) is 4.17. The van der Waals surface area contributed by atoms with Crippen molar-refractivity contribution in [2.45, 2.75) is 0 Å². The first kappa shape index (κ1) is 30.6. The number of fused-ring (bicyclic) bond motifs is 13. The number of benzene rings is 9. The molecule has 0 radical (unpaired) electrons. The molecule has 0 aliphatic heterocycles. The molecule has 13 rings (SSSR count). The fraction of sp³-hybridized carbons (Fsp3) is 0. The Kier molecular flexibility index (Phi) is 6.10. The topological polar surface area (TPSA) is 48.8 Å². The Morgan fingerprint density at radius 1 is 0.386 bits per heavy atom. The first-order valence-electron chi connectivity index (χ1n) is 19.3. The van der Waals surface area contributed by atoms with Gasteiger partial charge in [0.2, 0.25) is 0 Å².